The number of rotatable bonds is 4. The first-order valence-corrected chi connectivity index (χ1v) is 17.0. The minimum absolute atomic E-state index is 0.0672. The van der Waals surface area contributed by atoms with Crippen molar-refractivity contribution in [1.29, 1.82) is 0 Å². The molecule has 3 aromatic carbocycles. The molecule has 1 saturated carbocycles. The number of hydrogen-bond donors (Lipinski definition) is 1. The summed E-state index contributed by atoms with van der Waals surface area (Å²) in [6.45, 7) is 0. The Balaban J connectivity index is 1.46. The average molecular weight is 865 g/mol. The predicted molar refractivity (Wildman–Crippen MR) is 175 cm³/mol. The Hall–Kier alpha value is -3.53. The van der Waals surface area contributed by atoms with Crippen LogP contribution < -0.4 is 14.5 Å². The third-order valence-electron chi connectivity index (χ3n) is 9.91. The molecule has 2 saturated heterocycles. The third-order valence-corrected chi connectivity index (χ3v) is 12.3. The van der Waals surface area contributed by atoms with Crippen molar-refractivity contribution >= 4 is 90.1 Å². The number of anilines is 2. The number of carbonyl (C=O) groups is 4. The van der Waals surface area contributed by atoms with E-state index in [1.54, 1.807) is 12.1 Å². The molecule has 2 aliphatic heterocycles. The van der Waals surface area contributed by atoms with Crippen LogP contribution in [-0.4, -0.2) is 45.6 Å². The molecular weight excluding hydrogens is 846 g/mol. The highest BCUT2D eigenvalue weighted by Gasteiger charge is 2.77. The van der Waals surface area contributed by atoms with Gasteiger partial charge in [0.05, 0.1) is 24.6 Å². The van der Waals surface area contributed by atoms with E-state index >= 15 is 8.78 Å². The van der Waals surface area contributed by atoms with Crippen molar-refractivity contribution in [3.05, 3.63) is 91.6 Å². The van der Waals surface area contributed by atoms with E-state index in [9.17, 15) is 37.5 Å². The molecule has 3 aromatic rings. The Morgan fingerprint density at radius 3 is 2.02 bits per heavy atom. The van der Waals surface area contributed by atoms with Crippen molar-refractivity contribution in [3.63, 3.8) is 0 Å². The summed E-state index contributed by atoms with van der Waals surface area (Å²) in [5.41, 5.74) is -1.67. The normalized spacial score (nSPS) is 28.9. The summed E-state index contributed by atoms with van der Waals surface area (Å²) < 4.78 is 79.6. The number of carbonyl (C=O) groups excluding carboxylic acids is 4. The number of phenolic OH excluding ortho intramolecular Hbond substituents is 1. The first kappa shape index (κ1) is 34.9. The predicted octanol–water partition coefficient (Wildman–Crippen LogP) is 7.39. The number of fused-ring (bicyclic) bond motifs is 4. The summed E-state index contributed by atoms with van der Waals surface area (Å²) in [7, 11) is 1.22. The van der Waals surface area contributed by atoms with E-state index in [1.807, 2.05) is 0 Å². The van der Waals surface area contributed by atoms with Crippen molar-refractivity contribution in [2.75, 3.05) is 16.9 Å². The largest absolute Gasteiger partial charge is 0.504 e. The van der Waals surface area contributed by atoms with Gasteiger partial charge in [-0.25, -0.2) is 26.9 Å². The average Bonchev–Trinajstić information content (AvgIpc) is 3.42. The SMILES string of the molecule is COc1cc(Br)cc([C@H]2C3=CC[C@@H]4C(=O)N(c5ccc(Br)cc5)C(=O)[C@@H]4[C@@H]3C[C@@]3(Cl)C(=O)N(c4c(F)c(F)c(F)c(F)c4F)C(=O)[C@@]23Cl)c1O. The Bertz CT molecular complexity index is 2090. The van der Waals surface area contributed by atoms with Crippen LogP contribution >= 0.6 is 55.1 Å². The van der Waals surface area contributed by atoms with Gasteiger partial charge in [0.1, 0.15) is 5.69 Å². The summed E-state index contributed by atoms with van der Waals surface area (Å²) in [5, 5.41) is 11.4. The zero-order valence-corrected chi connectivity index (χ0v) is 29.7. The van der Waals surface area contributed by atoms with Crippen LogP contribution in [0.15, 0.2) is 57.0 Å². The van der Waals surface area contributed by atoms with E-state index in [1.165, 1.54) is 37.5 Å². The van der Waals surface area contributed by atoms with Crippen molar-refractivity contribution < 1.29 is 51.0 Å². The first-order chi connectivity index (χ1) is 23.5. The highest BCUT2D eigenvalue weighted by Crippen LogP contribution is 2.67. The van der Waals surface area contributed by atoms with Crippen molar-refractivity contribution in [1.82, 2.24) is 0 Å². The molecule has 7 rings (SSSR count). The molecule has 2 heterocycles. The van der Waals surface area contributed by atoms with Gasteiger partial charge in [0.15, 0.2) is 44.5 Å². The van der Waals surface area contributed by atoms with Gasteiger partial charge in [-0.3, -0.25) is 24.1 Å². The van der Waals surface area contributed by atoms with Gasteiger partial charge in [-0.1, -0.05) is 43.5 Å². The van der Waals surface area contributed by atoms with Crippen LogP contribution in [0.2, 0.25) is 0 Å². The Kier molecular flexibility index (Phi) is 8.20. The summed E-state index contributed by atoms with van der Waals surface area (Å²) in [5.74, 6) is -22.7. The number of amides is 4. The van der Waals surface area contributed by atoms with E-state index in [2.05, 4.69) is 31.9 Å². The van der Waals surface area contributed by atoms with Gasteiger partial charge in [-0.15, -0.1) is 23.2 Å². The fourth-order valence-corrected chi connectivity index (χ4v) is 9.37. The number of allylic oxidation sites excluding steroid dienone is 2. The van der Waals surface area contributed by atoms with Gasteiger partial charge in [0.25, 0.3) is 11.8 Å². The molecule has 4 amide bonds. The second kappa shape index (κ2) is 11.8. The Labute approximate surface area is 306 Å². The molecule has 17 heteroatoms. The van der Waals surface area contributed by atoms with Gasteiger partial charge < -0.3 is 9.84 Å². The zero-order chi connectivity index (χ0) is 36.4. The number of halogens is 9. The van der Waals surface area contributed by atoms with Crippen molar-refractivity contribution in [2.45, 2.75) is 28.5 Å². The second-order valence-electron chi connectivity index (χ2n) is 12.2. The quantitative estimate of drug-likeness (QED) is 0.0734. The van der Waals surface area contributed by atoms with E-state index in [0.29, 0.717) is 4.47 Å². The molecule has 0 unspecified atom stereocenters. The number of aromatic hydroxyl groups is 1. The maximum absolute atomic E-state index is 15.2. The smallest absolute Gasteiger partial charge is 0.258 e. The van der Waals surface area contributed by atoms with Crippen LogP contribution in [0, 0.1) is 46.8 Å². The molecule has 50 heavy (non-hydrogen) atoms. The number of ether oxygens (including phenoxy) is 1. The lowest BCUT2D eigenvalue weighted by atomic mass is 9.56. The molecule has 2 aliphatic carbocycles. The van der Waals surface area contributed by atoms with Crippen molar-refractivity contribution in [2.24, 2.45) is 17.8 Å². The Morgan fingerprint density at radius 2 is 1.42 bits per heavy atom. The standard InChI is InChI=1S/C33H19Br2Cl2F5N2O6/c1-50-18-9-12(35)8-16(27(18)45)20-14-6-7-15-19(29(47)43(28(15)46)13-4-2-11(34)3-5-13)17(14)10-32(36)30(48)44(31(49)33(20,32)37)26-24(41)22(39)21(38)23(40)25(26)42/h2-6,8-9,15,17,19-20,45H,7,10H2,1H3/t15-,17+,19-,20+,32+,33-/m0/s1. The number of benzene rings is 3. The zero-order valence-electron chi connectivity index (χ0n) is 25.0. The van der Waals surface area contributed by atoms with Gasteiger partial charge >= 0.3 is 0 Å². The molecule has 8 nitrogen and oxygen atoms in total. The second-order valence-corrected chi connectivity index (χ2v) is 15.3. The fourth-order valence-electron chi connectivity index (χ4n) is 7.73. The van der Waals surface area contributed by atoms with Gasteiger partial charge in [0, 0.05) is 20.4 Å². The van der Waals surface area contributed by atoms with Crippen LogP contribution in [-0.2, 0) is 19.2 Å². The van der Waals surface area contributed by atoms with Crippen molar-refractivity contribution in [3.8, 4) is 11.5 Å². The highest BCUT2D eigenvalue weighted by atomic mass is 79.9. The molecule has 0 radical (unpaired) electrons. The molecule has 1 N–H and O–H groups in total. The van der Waals surface area contributed by atoms with Crippen LogP contribution in [0.5, 0.6) is 11.5 Å². The molecule has 3 fully saturated rings. The summed E-state index contributed by atoms with van der Waals surface area (Å²) in [4.78, 5) is 51.9. The summed E-state index contributed by atoms with van der Waals surface area (Å²) in [6.07, 6.45) is 0.776. The minimum atomic E-state index is -2.80. The lowest BCUT2D eigenvalue weighted by Crippen LogP contribution is -2.60. The van der Waals surface area contributed by atoms with Crippen LogP contribution in [0.25, 0.3) is 0 Å². The Morgan fingerprint density at radius 1 is 0.820 bits per heavy atom. The number of phenols is 1. The maximum atomic E-state index is 15.2. The van der Waals surface area contributed by atoms with E-state index in [0.717, 1.165) is 4.90 Å². The number of methoxy groups -OCH3 is 1. The summed E-state index contributed by atoms with van der Waals surface area (Å²) >= 11 is 20.9. The molecule has 0 aromatic heterocycles. The molecule has 0 spiro atoms. The molecule has 6 atom stereocenters. The lowest BCUT2D eigenvalue weighted by molar-refractivity contribution is -0.125. The van der Waals surface area contributed by atoms with Gasteiger partial charge in [-0.05, 0) is 55.2 Å². The maximum Gasteiger partial charge on any atom is 0.258 e. The lowest BCUT2D eigenvalue weighted by Gasteiger charge is -2.50. The summed E-state index contributed by atoms with van der Waals surface area (Å²) in [6, 6.07) is 8.98. The highest BCUT2D eigenvalue weighted by molar-refractivity contribution is 9.10. The van der Waals surface area contributed by atoms with Crippen LogP contribution in [0.3, 0.4) is 0 Å². The number of imide groups is 2. The van der Waals surface area contributed by atoms with Gasteiger partial charge in [-0.2, -0.15) is 0 Å². The molecule has 4 aliphatic rings. The molecular formula is C33H19Br2Cl2F5N2O6. The van der Waals surface area contributed by atoms with Gasteiger partial charge in [0.2, 0.25) is 17.6 Å². The van der Waals surface area contributed by atoms with Crippen LogP contribution in [0.1, 0.15) is 24.3 Å². The number of nitrogens with zero attached hydrogens (tertiary/aromatic N) is 2. The minimum Gasteiger partial charge on any atom is -0.504 e. The van der Waals surface area contributed by atoms with Crippen LogP contribution in [0.4, 0.5) is 33.3 Å². The fraction of sp³-hybridized carbons (Fsp3) is 0.273. The monoisotopic (exact) mass is 862 g/mol. The molecule has 0 bridgehead atoms. The molecule has 260 valence electrons. The van der Waals surface area contributed by atoms with E-state index < -0.39 is 104 Å². The topological polar surface area (TPSA) is 104 Å². The number of alkyl halides is 2. The first-order valence-electron chi connectivity index (χ1n) is 14.7. The van der Waals surface area contributed by atoms with E-state index in [4.69, 9.17) is 27.9 Å². The third kappa shape index (κ3) is 4.45. The van der Waals surface area contributed by atoms with E-state index in [-0.39, 0.29) is 38.4 Å². The number of hydrogen-bond acceptors (Lipinski definition) is 6.